The fraction of sp³-hybridized carbons (Fsp3) is 0.538. The topological polar surface area (TPSA) is 12.0 Å². The number of benzene rings is 1. The van der Waals surface area contributed by atoms with Gasteiger partial charge < -0.3 is 5.32 Å². The van der Waals surface area contributed by atoms with E-state index < -0.39 is 0 Å². The van der Waals surface area contributed by atoms with Gasteiger partial charge in [-0.15, -0.1) is 0 Å². The first-order valence-electron chi connectivity index (χ1n) is 5.71. The van der Waals surface area contributed by atoms with E-state index in [4.69, 9.17) is 0 Å². The molecule has 1 nitrogen and oxygen atoms in total. The molecule has 0 atom stereocenters. The van der Waals surface area contributed by atoms with Crippen LogP contribution in [0.3, 0.4) is 0 Å². The summed E-state index contributed by atoms with van der Waals surface area (Å²) in [6.07, 6.45) is 2.19. The van der Waals surface area contributed by atoms with Gasteiger partial charge in [0.15, 0.2) is 0 Å². The SMILES string of the molecule is CCC.CCNc1cc(CC)ccc1F.[HH]. The highest BCUT2D eigenvalue weighted by molar-refractivity contribution is 5.47. The Bertz CT molecular complexity index is 277. The van der Waals surface area contributed by atoms with E-state index in [2.05, 4.69) is 26.1 Å². The summed E-state index contributed by atoms with van der Waals surface area (Å²) in [7, 11) is 0. The minimum absolute atomic E-state index is 0. The molecule has 0 fully saturated rings. The summed E-state index contributed by atoms with van der Waals surface area (Å²) in [6, 6.07) is 5.19. The van der Waals surface area contributed by atoms with Crippen molar-refractivity contribution in [3.63, 3.8) is 0 Å². The van der Waals surface area contributed by atoms with Gasteiger partial charge in [-0.1, -0.05) is 33.3 Å². The number of nitrogens with one attached hydrogen (secondary N) is 1. The third-order valence-corrected chi connectivity index (χ3v) is 1.81. The summed E-state index contributed by atoms with van der Waals surface area (Å²) in [5.41, 5.74) is 1.77. The molecule has 0 saturated heterocycles. The highest BCUT2D eigenvalue weighted by Crippen LogP contribution is 2.15. The van der Waals surface area contributed by atoms with Crippen LogP contribution in [-0.2, 0) is 6.42 Å². The average molecular weight is 213 g/mol. The number of halogens is 1. The Morgan fingerprint density at radius 2 is 1.80 bits per heavy atom. The number of rotatable bonds is 3. The number of hydrogen-bond acceptors (Lipinski definition) is 1. The Labute approximate surface area is 94.2 Å². The van der Waals surface area contributed by atoms with Crippen molar-refractivity contribution in [2.45, 2.75) is 40.5 Å². The Morgan fingerprint density at radius 3 is 2.27 bits per heavy atom. The molecule has 0 heterocycles. The standard InChI is InChI=1S/C10H14FN.C3H8.H2/c1-3-8-5-6-9(11)10(7-8)12-4-2;1-3-2;/h5-7,12H,3-4H2,1-2H3;3H2,1-2H3;1H. The van der Waals surface area contributed by atoms with Crippen LogP contribution in [-0.4, -0.2) is 6.54 Å². The summed E-state index contributed by atoms with van der Waals surface area (Å²) in [5, 5.41) is 2.98. The largest absolute Gasteiger partial charge is 0.383 e. The Kier molecular flexibility index (Phi) is 7.69. The molecule has 0 aliphatic rings. The summed E-state index contributed by atoms with van der Waals surface area (Å²) in [6.45, 7) is 9.02. The molecule has 1 rings (SSSR count). The molecule has 0 spiro atoms. The summed E-state index contributed by atoms with van der Waals surface area (Å²) >= 11 is 0. The number of hydrogen-bond donors (Lipinski definition) is 1. The molecule has 2 heteroatoms. The van der Waals surface area contributed by atoms with E-state index >= 15 is 0 Å². The van der Waals surface area contributed by atoms with Crippen LogP contribution in [0.4, 0.5) is 10.1 Å². The Morgan fingerprint density at radius 1 is 1.20 bits per heavy atom. The van der Waals surface area contributed by atoms with Crippen molar-refractivity contribution in [2.24, 2.45) is 0 Å². The van der Waals surface area contributed by atoms with Crippen molar-refractivity contribution in [3.05, 3.63) is 29.6 Å². The molecule has 15 heavy (non-hydrogen) atoms. The quantitative estimate of drug-likeness (QED) is 0.780. The van der Waals surface area contributed by atoms with Crippen molar-refractivity contribution in [3.8, 4) is 0 Å². The van der Waals surface area contributed by atoms with E-state index in [1.54, 1.807) is 0 Å². The number of anilines is 1. The maximum absolute atomic E-state index is 13.0. The zero-order valence-corrected chi connectivity index (χ0v) is 10.2. The summed E-state index contributed by atoms with van der Waals surface area (Å²) < 4.78 is 13.0. The van der Waals surface area contributed by atoms with Crippen molar-refractivity contribution < 1.29 is 5.82 Å². The fourth-order valence-electron chi connectivity index (χ4n) is 1.12. The van der Waals surface area contributed by atoms with Gasteiger partial charge in [-0.3, -0.25) is 0 Å². The second-order valence-electron chi connectivity index (χ2n) is 3.41. The molecule has 0 amide bonds. The van der Waals surface area contributed by atoms with Crippen LogP contribution in [0.1, 0.15) is 41.1 Å². The van der Waals surface area contributed by atoms with Gasteiger partial charge in [-0.05, 0) is 31.0 Å². The average Bonchev–Trinajstić information content (AvgIpc) is 2.23. The maximum atomic E-state index is 13.0. The predicted octanol–water partition coefficient (Wildman–Crippen LogP) is 4.48. The molecule has 0 unspecified atom stereocenters. The van der Waals surface area contributed by atoms with Crippen LogP contribution in [0.25, 0.3) is 0 Å². The van der Waals surface area contributed by atoms with Crippen LogP contribution in [0.5, 0.6) is 0 Å². The van der Waals surface area contributed by atoms with Gasteiger partial charge >= 0.3 is 0 Å². The predicted molar refractivity (Wildman–Crippen MR) is 68.0 cm³/mol. The first-order chi connectivity index (χ1) is 7.19. The van der Waals surface area contributed by atoms with Crippen molar-refractivity contribution in [1.29, 1.82) is 0 Å². The van der Waals surface area contributed by atoms with E-state index in [0.29, 0.717) is 5.69 Å². The molecule has 88 valence electrons. The molecular weight excluding hydrogens is 189 g/mol. The van der Waals surface area contributed by atoms with Gasteiger partial charge in [0, 0.05) is 7.97 Å². The van der Waals surface area contributed by atoms with Crippen molar-refractivity contribution in [1.82, 2.24) is 0 Å². The maximum Gasteiger partial charge on any atom is 0.146 e. The Hall–Kier alpha value is -1.05. The van der Waals surface area contributed by atoms with E-state index in [1.165, 1.54) is 12.5 Å². The first kappa shape index (κ1) is 13.9. The molecule has 0 bridgehead atoms. The second-order valence-corrected chi connectivity index (χ2v) is 3.41. The molecule has 0 radical (unpaired) electrons. The second kappa shape index (κ2) is 8.27. The van der Waals surface area contributed by atoms with E-state index in [1.807, 2.05) is 19.1 Å². The minimum atomic E-state index is -0.172. The van der Waals surface area contributed by atoms with Crippen LogP contribution in [0.15, 0.2) is 18.2 Å². The van der Waals surface area contributed by atoms with Crippen molar-refractivity contribution in [2.75, 3.05) is 11.9 Å². The highest BCUT2D eigenvalue weighted by Gasteiger charge is 2.00. The van der Waals surface area contributed by atoms with E-state index in [9.17, 15) is 4.39 Å². The van der Waals surface area contributed by atoms with Gasteiger partial charge in [0.25, 0.3) is 0 Å². The minimum Gasteiger partial charge on any atom is -0.383 e. The van der Waals surface area contributed by atoms with Crippen molar-refractivity contribution >= 4 is 5.69 Å². The van der Waals surface area contributed by atoms with E-state index in [-0.39, 0.29) is 7.24 Å². The van der Waals surface area contributed by atoms with Gasteiger partial charge in [0.05, 0.1) is 5.69 Å². The zero-order chi connectivity index (χ0) is 11.7. The monoisotopic (exact) mass is 213 g/mol. The van der Waals surface area contributed by atoms with Crippen LogP contribution >= 0.6 is 0 Å². The molecule has 0 aliphatic heterocycles. The smallest absolute Gasteiger partial charge is 0.146 e. The summed E-state index contributed by atoms with van der Waals surface area (Å²) in [4.78, 5) is 0. The lowest BCUT2D eigenvalue weighted by Gasteiger charge is -2.06. The molecule has 0 saturated carbocycles. The third kappa shape index (κ3) is 5.40. The van der Waals surface area contributed by atoms with Gasteiger partial charge in [-0.25, -0.2) is 4.39 Å². The molecule has 1 N–H and O–H groups in total. The molecule has 0 aliphatic carbocycles. The van der Waals surface area contributed by atoms with Gasteiger partial charge in [-0.2, -0.15) is 0 Å². The molecule has 1 aromatic rings. The fourth-order valence-corrected chi connectivity index (χ4v) is 1.12. The highest BCUT2D eigenvalue weighted by atomic mass is 19.1. The van der Waals surface area contributed by atoms with Gasteiger partial charge in [0.2, 0.25) is 0 Å². The zero-order valence-electron chi connectivity index (χ0n) is 10.2. The van der Waals surface area contributed by atoms with Gasteiger partial charge in [0.1, 0.15) is 5.82 Å². The molecular formula is C13H24FN. The lowest BCUT2D eigenvalue weighted by atomic mass is 10.1. The van der Waals surface area contributed by atoms with Crippen LogP contribution in [0, 0.1) is 5.82 Å². The van der Waals surface area contributed by atoms with E-state index in [0.717, 1.165) is 18.5 Å². The Balaban J connectivity index is 0. The third-order valence-electron chi connectivity index (χ3n) is 1.81. The number of aryl methyl sites for hydroxylation is 1. The first-order valence-corrected chi connectivity index (χ1v) is 5.71. The van der Waals surface area contributed by atoms with Crippen LogP contribution < -0.4 is 5.32 Å². The lowest BCUT2D eigenvalue weighted by molar-refractivity contribution is 0.630. The van der Waals surface area contributed by atoms with Crippen LogP contribution in [0.2, 0.25) is 0 Å². The normalized spacial score (nSPS) is 9.13. The summed E-state index contributed by atoms with van der Waals surface area (Å²) in [5.74, 6) is -0.172. The molecule has 0 aromatic heterocycles. The molecule has 1 aromatic carbocycles. The lowest BCUT2D eigenvalue weighted by Crippen LogP contribution is -1.99.